The molecule has 6 nitrogen and oxygen atoms in total. The Kier molecular flexibility index (Phi) is 4.63. The van der Waals surface area contributed by atoms with Crippen LogP contribution >= 0.6 is 0 Å². The second-order valence-electron chi connectivity index (χ2n) is 6.45. The number of fused-ring (bicyclic) bond motifs is 2. The summed E-state index contributed by atoms with van der Waals surface area (Å²) in [6.45, 7) is 0. The summed E-state index contributed by atoms with van der Waals surface area (Å²) in [5.74, 6) is -1.84. The summed E-state index contributed by atoms with van der Waals surface area (Å²) >= 11 is 0. The van der Waals surface area contributed by atoms with Crippen LogP contribution in [0.5, 0.6) is 0 Å². The Hall–Kier alpha value is -3.51. The van der Waals surface area contributed by atoms with Crippen molar-refractivity contribution in [3.05, 3.63) is 83.4 Å². The van der Waals surface area contributed by atoms with Crippen molar-refractivity contribution in [3.8, 4) is 0 Å². The molecule has 1 aliphatic heterocycles. The number of amides is 2. The van der Waals surface area contributed by atoms with Crippen molar-refractivity contribution >= 4 is 28.6 Å². The van der Waals surface area contributed by atoms with Crippen molar-refractivity contribution in [2.45, 2.75) is 12.5 Å². The van der Waals surface area contributed by atoms with Gasteiger partial charge in [0.25, 0.3) is 11.8 Å². The number of hydroxylamine groups is 2. The zero-order chi connectivity index (χ0) is 19.7. The van der Waals surface area contributed by atoms with E-state index in [0.29, 0.717) is 5.06 Å². The van der Waals surface area contributed by atoms with Crippen LogP contribution in [-0.4, -0.2) is 36.1 Å². The fraction of sp³-hybridized carbons (Fsp3) is 0.136. The third-order valence-corrected chi connectivity index (χ3v) is 4.69. The lowest BCUT2D eigenvalue weighted by Gasteiger charge is -2.20. The van der Waals surface area contributed by atoms with Crippen molar-refractivity contribution in [1.82, 2.24) is 5.06 Å². The Bertz CT molecular complexity index is 1060. The van der Waals surface area contributed by atoms with E-state index in [-0.39, 0.29) is 17.5 Å². The number of hydrogen-bond acceptors (Lipinski definition) is 5. The van der Waals surface area contributed by atoms with Gasteiger partial charge in [-0.3, -0.25) is 9.59 Å². The minimum absolute atomic E-state index is 0.158. The van der Waals surface area contributed by atoms with Crippen molar-refractivity contribution < 1.29 is 24.0 Å². The lowest BCUT2D eigenvalue weighted by molar-refractivity contribution is -0.177. The van der Waals surface area contributed by atoms with Gasteiger partial charge in [0.15, 0.2) is 6.10 Å². The zero-order valence-corrected chi connectivity index (χ0v) is 15.1. The Morgan fingerprint density at radius 1 is 0.893 bits per heavy atom. The molecule has 0 fully saturated rings. The van der Waals surface area contributed by atoms with Crippen LogP contribution in [0.2, 0.25) is 0 Å². The highest BCUT2D eigenvalue weighted by Crippen LogP contribution is 2.25. The highest BCUT2D eigenvalue weighted by atomic mass is 16.7. The highest BCUT2D eigenvalue weighted by Gasteiger charge is 2.39. The smallest absolute Gasteiger partial charge is 0.338 e. The summed E-state index contributed by atoms with van der Waals surface area (Å²) in [5.41, 5.74) is 1.33. The number of imide groups is 1. The molecule has 0 aromatic heterocycles. The highest BCUT2D eigenvalue weighted by molar-refractivity contribution is 6.20. The number of nitrogens with zero attached hydrogens (tertiary/aromatic N) is 1. The van der Waals surface area contributed by atoms with Crippen LogP contribution in [0.15, 0.2) is 66.7 Å². The molecule has 0 N–H and O–H groups in total. The second-order valence-corrected chi connectivity index (χ2v) is 6.45. The first-order chi connectivity index (χ1) is 13.6. The lowest BCUT2D eigenvalue weighted by atomic mass is 10.0. The number of ether oxygens (including phenoxy) is 1. The van der Waals surface area contributed by atoms with E-state index in [1.807, 2.05) is 42.5 Å². The summed E-state index contributed by atoms with van der Waals surface area (Å²) < 4.78 is 4.82. The molecular formula is C22H17NO5. The van der Waals surface area contributed by atoms with E-state index in [9.17, 15) is 14.4 Å². The fourth-order valence-corrected chi connectivity index (χ4v) is 3.27. The van der Waals surface area contributed by atoms with Gasteiger partial charge >= 0.3 is 5.97 Å². The molecule has 6 heteroatoms. The minimum Gasteiger partial charge on any atom is -0.467 e. The average molecular weight is 375 g/mol. The molecule has 0 bridgehead atoms. The standard InChI is InChI=1S/C22H17NO5/c1-27-22(26)19(13-14-10-11-15-6-2-3-7-16(15)12-14)28-23-20(24)17-8-4-5-9-18(17)21(23)25/h2-12,19H,13H2,1H3/t19-/m0/s1. The van der Waals surface area contributed by atoms with Gasteiger partial charge in [-0.2, -0.15) is 0 Å². The number of carbonyl (C=O) groups excluding carboxylic acids is 3. The summed E-state index contributed by atoms with van der Waals surface area (Å²) in [4.78, 5) is 42.8. The molecule has 4 rings (SSSR count). The first-order valence-electron chi connectivity index (χ1n) is 8.78. The van der Waals surface area contributed by atoms with Gasteiger partial charge in [0, 0.05) is 6.42 Å². The Balaban J connectivity index is 1.59. The molecule has 0 radical (unpaired) electrons. The molecule has 0 saturated carbocycles. The predicted molar refractivity (Wildman–Crippen MR) is 101 cm³/mol. The SMILES string of the molecule is COC(=O)[C@H](Cc1ccc2ccccc2c1)ON1C(=O)c2ccccc2C1=O. The molecular weight excluding hydrogens is 358 g/mol. The molecule has 28 heavy (non-hydrogen) atoms. The molecule has 3 aromatic rings. The topological polar surface area (TPSA) is 72.9 Å². The van der Waals surface area contributed by atoms with E-state index >= 15 is 0 Å². The fourth-order valence-electron chi connectivity index (χ4n) is 3.27. The number of hydrogen-bond donors (Lipinski definition) is 0. The largest absolute Gasteiger partial charge is 0.467 e. The molecule has 0 unspecified atom stereocenters. The predicted octanol–water partition coefficient (Wildman–Crippen LogP) is 3.15. The molecule has 0 saturated heterocycles. The van der Waals surface area contributed by atoms with Gasteiger partial charge < -0.3 is 4.74 Å². The summed E-state index contributed by atoms with van der Waals surface area (Å²) in [6.07, 6.45) is -0.973. The van der Waals surface area contributed by atoms with Gasteiger partial charge in [0.2, 0.25) is 0 Å². The molecule has 0 spiro atoms. The second kappa shape index (κ2) is 7.25. The number of esters is 1. The van der Waals surface area contributed by atoms with E-state index in [4.69, 9.17) is 9.57 Å². The molecule has 0 aliphatic carbocycles. The molecule has 1 aliphatic rings. The monoisotopic (exact) mass is 375 g/mol. The van der Waals surface area contributed by atoms with Crippen LogP contribution in [-0.2, 0) is 20.8 Å². The van der Waals surface area contributed by atoms with Gasteiger partial charge in [-0.15, -0.1) is 5.06 Å². The van der Waals surface area contributed by atoms with E-state index in [0.717, 1.165) is 16.3 Å². The third kappa shape index (κ3) is 3.14. The molecule has 2 amide bonds. The average Bonchev–Trinajstić information content (AvgIpc) is 2.97. The van der Waals surface area contributed by atoms with Crippen LogP contribution in [0.3, 0.4) is 0 Å². The van der Waals surface area contributed by atoms with Gasteiger partial charge in [0.05, 0.1) is 18.2 Å². The van der Waals surface area contributed by atoms with Gasteiger partial charge in [0.1, 0.15) is 0 Å². The number of methoxy groups -OCH3 is 1. The van der Waals surface area contributed by atoms with E-state index in [1.165, 1.54) is 7.11 Å². The van der Waals surface area contributed by atoms with E-state index < -0.39 is 23.9 Å². The van der Waals surface area contributed by atoms with Gasteiger partial charge in [-0.05, 0) is 28.5 Å². The number of benzene rings is 3. The van der Waals surface area contributed by atoms with Crippen LogP contribution in [0.4, 0.5) is 0 Å². The molecule has 3 aromatic carbocycles. The maximum atomic E-state index is 12.5. The van der Waals surface area contributed by atoms with Gasteiger partial charge in [-0.1, -0.05) is 54.6 Å². The normalized spacial score (nSPS) is 14.2. The third-order valence-electron chi connectivity index (χ3n) is 4.69. The van der Waals surface area contributed by atoms with Crippen molar-refractivity contribution in [2.24, 2.45) is 0 Å². The molecule has 140 valence electrons. The Labute approximate surface area is 161 Å². The first kappa shape index (κ1) is 17.9. The minimum atomic E-state index is -1.13. The number of rotatable bonds is 5. The van der Waals surface area contributed by atoms with Crippen molar-refractivity contribution in [1.29, 1.82) is 0 Å². The maximum absolute atomic E-state index is 12.5. The van der Waals surface area contributed by atoms with Crippen molar-refractivity contribution in [2.75, 3.05) is 7.11 Å². The summed E-state index contributed by atoms with van der Waals surface area (Å²) in [6, 6.07) is 20.0. The quantitative estimate of drug-likeness (QED) is 0.506. The zero-order valence-electron chi connectivity index (χ0n) is 15.1. The lowest BCUT2D eigenvalue weighted by Crippen LogP contribution is -2.39. The Morgan fingerprint density at radius 2 is 1.50 bits per heavy atom. The Morgan fingerprint density at radius 3 is 2.14 bits per heavy atom. The maximum Gasteiger partial charge on any atom is 0.338 e. The molecule has 1 atom stereocenters. The molecule has 1 heterocycles. The van der Waals surface area contributed by atoms with Crippen LogP contribution in [0, 0.1) is 0 Å². The van der Waals surface area contributed by atoms with Gasteiger partial charge in [-0.25, -0.2) is 9.63 Å². The number of carbonyl (C=O) groups is 3. The summed E-state index contributed by atoms with van der Waals surface area (Å²) in [7, 11) is 1.24. The van der Waals surface area contributed by atoms with E-state index in [1.54, 1.807) is 24.3 Å². The van der Waals surface area contributed by atoms with Crippen LogP contribution < -0.4 is 0 Å². The van der Waals surface area contributed by atoms with Crippen LogP contribution in [0.25, 0.3) is 10.8 Å². The van der Waals surface area contributed by atoms with Crippen molar-refractivity contribution in [3.63, 3.8) is 0 Å². The van der Waals surface area contributed by atoms with E-state index in [2.05, 4.69) is 0 Å². The summed E-state index contributed by atoms with van der Waals surface area (Å²) in [5, 5.41) is 2.74. The first-order valence-corrected chi connectivity index (χ1v) is 8.78. The van der Waals surface area contributed by atoms with Crippen LogP contribution in [0.1, 0.15) is 26.3 Å².